The van der Waals surface area contributed by atoms with Crippen molar-refractivity contribution in [3.05, 3.63) is 0 Å². The van der Waals surface area contributed by atoms with Crippen molar-refractivity contribution in [2.24, 2.45) is 10.6 Å². The molecule has 1 aliphatic rings. The Morgan fingerprint density at radius 3 is 0.725 bits per heavy atom. The molecule has 0 saturated heterocycles. The summed E-state index contributed by atoms with van der Waals surface area (Å²) in [5.74, 6) is -125. The molecular weight excluding hydrogens is 1300 g/mol. The molecule has 0 spiro atoms. The summed E-state index contributed by atoms with van der Waals surface area (Å²) in [7, 11) is -12.0. The van der Waals surface area contributed by atoms with Gasteiger partial charge in [-0.05, 0) is 25.1 Å². The highest BCUT2D eigenvalue weighted by atomic mass is 28.2. The highest BCUT2D eigenvalue weighted by Gasteiger charge is 2.93. The van der Waals surface area contributed by atoms with Crippen molar-refractivity contribution in [1.29, 1.82) is 0 Å². The van der Waals surface area contributed by atoms with Gasteiger partial charge in [0.15, 0.2) is 29.3 Å². The lowest BCUT2D eigenvalue weighted by Gasteiger charge is -2.44. The van der Waals surface area contributed by atoms with Gasteiger partial charge < -0.3 is 18.1 Å². The van der Waals surface area contributed by atoms with Crippen molar-refractivity contribution in [2.75, 3.05) is 0 Å². The lowest BCUT2D eigenvalue weighted by atomic mass is 9.83. The molecule has 0 N–H and O–H groups in total. The van der Waals surface area contributed by atoms with E-state index in [4.69, 9.17) is 18.1 Å². The molecule has 1 rings (SSSR count). The summed E-state index contributed by atoms with van der Waals surface area (Å²) in [5.41, 5.74) is -5.12. The molecule has 0 amide bonds. The molecule has 0 aromatic heterocycles. The van der Waals surface area contributed by atoms with E-state index in [1.807, 2.05) is 0 Å². The predicted molar refractivity (Wildman–Crippen MR) is 193 cm³/mol. The van der Waals surface area contributed by atoms with Crippen molar-refractivity contribution in [1.82, 2.24) is 0 Å². The number of rotatable bonds is 28. The van der Waals surface area contributed by atoms with E-state index in [-0.39, 0.29) is 0 Å². The second-order valence-corrected chi connectivity index (χ2v) is 22.4. The lowest BCUT2D eigenvalue weighted by molar-refractivity contribution is -0.440. The summed E-state index contributed by atoms with van der Waals surface area (Å²) in [6, 6.07) is -6.69. The van der Waals surface area contributed by atoms with Crippen LogP contribution in [0.1, 0.15) is 53.4 Å². The molecule has 0 bridgehead atoms. The zero-order valence-electron chi connectivity index (χ0n) is 38.9. The fourth-order valence-corrected chi connectivity index (χ4v) is 11.0. The topological polar surface area (TPSA) is 49.3 Å². The number of hydrogen-bond donors (Lipinski definition) is 0. The maximum absolute atomic E-state index is 14.7. The Bertz CT molecular complexity index is 1950. The highest BCUT2D eigenvalue weighted by molar-refractivity contribution is 6.30. The molecule has 0 radical (unpaired) electrons. The third-order valence-corrected chi connectivity index (χ3v) is 14.8. The molecule has 0 aromatic rings. The van der Waals surface area contributed by atoms with Crippen molar-refractivity contribution in [2.45, 2.75) is 190 Å². The number of halogens is 39. The molecule has 1 unspecified atom stereocenters. The Morgan fingerprint density at radius 2 is 0.550 bits per heavy atom. The van der Waals surface area contributed by atoms with E-state index in [2.05, 4.69) is 5.16 Å². The number of hydrogen-bond acceptors (Lipinski definition) is 5. The molecule has 0 fully saturated rings. The standard InChI is InChI=1S/C33H32F39NO4Si3/c1-13(2,3)12-11-14(4,74-73-12)33(75-78-8-5-15(34,35)18(40,41)21(46,47)24(52,53)27(58,59)30(64,65)66,76-79-9-6-16(36,37)19(42,43)22(48,49)25(54,55)28(60,61)31(67,68)69)77-80-10-7-17(38,39)20(44,45)23(50,51)26(56,57)29(62,63)32(70,71)72/h5-11,78-80H2,1-4H3. The van der Waals surface area contributed by atoms with Gasteiger partial charge in [0.05, 0.1) is 5.71 Å². The van der Waals surface area contributed by atoms with Crippen LogP contribution in [-0.2, 0) is 18.1 Å². The third-order valence-electron chi connectivity index (χ3n) is 11.2. The van der Waals surface area contributed by atoms with Crippen LogP contribution in [-0.4, -0.2) is 154 Å². The van der Waals surface area contributed by atoms with E-state index < -0.39 is 203 Å². The molecule has 5 nitrogen and oxygen atoms in total. The first-order valence-electron chi connectivity index (χ1n) is 20.5. The van der Waals surface area contributed by atoms with Crippen molar-refractivity contribution < 1.29 is 189 Å². The molecular formula is C33H32F39NO4Si3. The lowest BCUT2D eigenvalue weighted by Crippen LogP contribution is -2.70. The van der Waals surface area contributed by atoms with Crippen molar-refractivity contribution >= 4 is 35.0 Å². The second-order valence-electron chi connectivity index (χ2n) is 18.2. The van der Waals surface area contributed by atoms with Crippen LogP contribution in [0.5, 0.6) is 0 Å². The SMILES string of the molecule is CC(C)(C)C1=NOC(C)(C(O[SiH2]CCC(F)(F)C(F)(F)C(F)(F)C(F)(F)C(F)(F)C(F)(F)F)(O[SiH2]CCC(F)(F)C(F)(F)C(F)(F)C(F)(F)C(F)(F)C(F)(F)F)O[SiH2]CCC(F)(F)C(F)(F)C(F)(F)C(F)(F)C(F)(F)C(F)(F)F)C1. The smallest absolute Gasteiger partial charge is 0.381 e. The summed E-state index contributed by atoms with van der Waals surface area (Å²) in [6.45, 7) is 3.71. The number of alkyl halides is 39. The Morgan fingerprint density at radius 1 is 0.350 bits per heavy atom. The second kappa shape index (κ2) is 21.7. The zero-order valence-corrected chi connectivity index (χ0v) is 43.1. The zero-order chi connectivity index (χ0) is 64.7. The molecule has 0 saturated carbocycles. The number of nitrogens with zero attached hydrogens (tertiary/aromatic N) is 1. The van der Waals surface area contributed by atoms with Crippen LogP contribution in [0.15, 0.2) is 5.16 Å². The van der Waals surface area contributed by atoms with E-state index >= 15 is 0 Å². The van der Waals surface area contributed by atoms with Gasteiger partial charge in [-0.15, -0.1) is 0 Å². The first kappa shape index (κ1) is 75.3. The summed E-state index contributed by atoms with van der Waals surface area (Å²) in [6.07, 6.45) is -34.6. The maximum Gasteiger partial charge on any atom is 0.460 e. The Labute approximate surface area is 425 Å². The Hall–Kier alpha value is -2.73. The van der Waals surface area contributed by atoms with Gasteiger partial charge in [0.25, 0.3) is 5.97 Å². The average molecular weight is 1330 g/mol. The third kappa shape index (κ3) is 12.1. The van der Waals surface area contributed by atoms with E-state index in [1.54, 1.807) is 0 Å². The van der Waals surface area contributed by atoms with E-state index in [9.17, 15) is 171 Å². The van der Waals surface area contributed by atoms with Crippen LogP contribution in [0.25, 0.3) is 0 Å². The van der Waals surface area contributed by atoms with Gasteiger partial charge in [-0.3, -0.25) is 0 Å². The van der Waals surface area contributed by atoms with Crippen LogP contribution in [0.3, 0.4) is 0 Å². The van der Waals surface area contributed by atoms with Gasteiger partial charge in [0.1, 0.15) is 0 Å². The van der Waals surface area contributed by atoms with Gasteiger partial charge in [0.2, 0.25) is 5.60 Å². The summed E-state index contributed by atoms with van der Waals surface area (Å²) in [5, 5.41) is 3.36. The first-order valence-corrected chi connectivity index (χ1v) is 25.2. The van der Waals surface area contributed by atoms with Gasteiger partial charge in [0, 0.05) is 31.1 Å². The van der Waals surface area contributed by atoms with Crippen LogP contribution >= 0.6 is 0 Å². The van der Waals surface area contributed by atoms with Crippen LogP contribution < -0.4 is 0 Å². The molecule has 1 heterocycles. The molecule has 80 heavy (non-hydrogen) atoms. The fourth-order valence-electron chi connectivity index (χ4n) is 6.07. The first-order chi connectivity index (χ1) is 34.4. The largest absolute Gasteiger partial charge is 0.460 e. The quantitative estimate of drug-likeness (QED) is 0.0339. The maximum atomic E-state index is 14.7. The van der Waals surface area contributed by atoms with Gasteiger partial charge in [-0.25, -0.2) is 0 Å². The molecule has 478 valence electrons. The molecule has 0 aromatic carbocycles. The van der Waals surface area contributed by atoms with Crippen LogP contribution in [0, 0.1) is 5.41 Å². The average Bonchev–Trinajstić information content (AvgIpc) is 3.67. The van der Waals surface area contributed by atoms with Crippen LogP contribution in [0.4, 0.5) is 171 Å². The van der Waals surface area contributed by atoms with Gasteiger partial charge in [-0.2, -0.15) is 171 Å². The van der Waals surface area contributed by atoms with E-state index in [0.29, 0.717) is 6.92 Å². The number of oxime groups is 1. The van der Waals surface area contributed by atoms with Gasteiger partial charge in [-0.1, -0.05) is 25.9 Å². The minimum absolute atomic E-state index is 0.358. The predicted octanol–water partition coefficient (Wildman–Crippen LogP) is 14.2. The molecule has 1 aliphatic heterocycles. The summed E-state index contributed by atoms with van der Waals surface area (Å²) < 4.78 is 550. The van der Waals surface area contributed by atoms with Crippen molar-refractivity contribution in [3.63, 3.8) is 0 Å². The minimum Gasteiger partial charge on any atom is -0.381 e. The fraction of sp³-hybridized carbons (Fsp3) is 0.970. The summed E-state index contributed by atoms with van der Waals surface area (Å²) >= 11 is 0. The summed E-state index contributed by atoms with van der Waals surface area (Å²) in [4.78, 5) is 4.97. The molecule has 47 heteroatoms. The van der Waals surface area contributed by atoms with Crippen molar-refractivity contribution in [3.8, 4) is 0 Å². The minimum atomic E-state index is -8.50. The highest BCUT2D eigenvalue weighted by Crippen LogP contribution is 2.64. The van der Waals surface area contributed by atoms with Gasteiger partial charge >= 0.3 is 107 Å². The Kier molecular flexibility index (Phi) is 20.4. The monoisotopic (exact) mass is 1330 g/mol. The Balaban J connectivity index is 4.02. The molecule has 0 aliphatic carbocycles. The normalized spacial score (nSPS) is 20.0. The van der Waals surface area contributed by atoms with E-state index in [1.165, 1.54) is 0 Å². The van der Waals surface area contributed by atoms with E-state index in [0.717, 1.165) is 20.8 Å². The molecule has 1 atom stereocenters. The van der Waals surface area contributed by atoms with Crippen LogP contribution in [0.2, 0.25) is 18.1 Å².